The van der Waals surface area contributed by atoms with E-state index in [1.807, 2.05) is 4.68 Å². The summed E-state index contributed by atoms with van der Waals surface area (Å²) in [5.74, 6) is 0.501. The standard InChI is InChI=1S/C8H15N5/c1-12-4-2-3-7(12)5-13-6-8(9)10-11-13/h6-7H,2-5,9H2,1H3. The molecular formula is C8H15N5. The molecule has 0 amide bonds. The Balaban J connectivity index is 1.97. The van der Waals surface area contributed by atoms with E-state index < -0.39 is 0 Å². The summed E-state index contributed by atoms with van der Waals surface area (Å²) in [6.07, 6.45) is 4.31. The molecule has 0 radical (unpaired) electrons. The van der Waals surface area contributed by atoms with E-state index in [2.05, 4.69) is 22.3 Å². The van der Waals surface area contributed by atoms with Gasteiger partial charge in [-0.05, 0) is 26.4 Å². The predicted octanol–water partition coefficient (Wildman–Crippen LogP) is -0.0455. The highest BCUT2D eigenvalue weighted by Gasteiger charge is 2.21. The molecule has 2 rings (SSSR count). The third-order valence-electron chi connectivity index (χ3n) is 2.63. The second kappa shape index (κ2) is 3.33. The molecule has 1 fully saturated rings. The Morgan fingerprint density at radius 3 is 3.08 bits per heavy atom. The first-order valence-electron chi connectivity index (χ1n) is 4.61. The number of rotatable bonds is 2. The van der Waals surface area contributed by atoms with Gasteiger partial charge in [-0.15, -0.1) is 5.10 Å². The van der Waals surface area contributed by atoms with Crippen LogP contribution in [-0.2, 0) is 6.54 Å². The van der Waals surface area contributed by atoms with Crippen LogP contribution in [0.15, 0.2) is 6.20 Å². The van der Waals surface area contributed by atoms with Crippen LogP contribution in [0.5, 0.6) is 0 Å². The smallest absolute Gasteiger partial charge is 0.165 e. The Labute approximate surface area is 77.5 Å². The van der Waals surface area contributed by atoms with Gasteiger partial charge in [0.2, 0.25) is 0 Å². The molecule has 72 valence electrons. The molecule has 5 heteroatoms. The minimum atomic E-state index is 0.501. The van der Waals surface area contributed by atoms with Gasteiger partial charge in [0.05, 0.1) is 12.7 Å². The van der Waals surface area contributed by atoms with Crippen LogP contribution in [0, 0.1) is 0 Å². The lowest BCUT2D eigenvalue weighted by Crippen LogP contribution is -2.29. The molecule has 0 bridgehead atoms. The minimum Gasteiger partial charge on any atom is -0.381 e. The lowest BCUT2D eigenvalue weighted by atomic mass is 10.2. The molecule has 13 heavy (non-hydrogen) atoms. The lowest BCUT2D eigenvalue weighted by Gasteiger charge is -2.18. The predicted molar refractivity (Wildman–Crippen MR) is 50.1 cm³/mol. The highest BCUT2D eigenvalue weighted by molar-refractivity contribution is 5.19. The summed E-state index contributed by atoms with van der Waals surface area (Å²) >= 11 is 0. The fraction of sp³-hybridized carbons (Fsp3) is 0.750. The van der Waals surface area contributed by atoms with Crippen LogP contribution in [-0.4, -0.2) is 39.5 Å². The van der Waals surface area contributed by atoms with Gasteiger partial charge in [0.25, 0.3) is 0 Å². The molecule has 2 heterocycles. The molecule has 1 unspecified atom stereocenters. The Kier molecular flexibility index (Phi) is 2.18. The molecule has 5 nitrogen and oxygen atoms in total. The fourth-order valence-electron chi connectivity index (χ4n) is 1.83. The van der Waals surface area contributed by atoms with Crippen LogP contribution < -0.4 is 5.73 Å². The SMILES string of the molecule is CN1CCCC1Cn1cc(N)nn1. The van der Waals surface area contributed by atoms with E-state index in [0.717, 1.165) is 6.54 Å². The highest BCUT2D eigenvalue weighted by atomic mass is 15.4. The van der Waals surface area contributed by atoms with Crippen molar-refractivity contribution in [2.45, 2.75) is 25.4 Å². The van der Waals surface area contributed by atoms with Crippen LogP contribution >= 0.6 is 0 Å². The molecule has 0 spiro atoms. The lowest BCUT2D eigenvalue weighted by molar-refractivity contribution is 0.272. The molecule has 0 aromatic carbocycles. The molecule has 1 aliphatic heterocycles. The summed E-state index contributed by atoms with van der Waals surface area (Å²) in [7, 11) is 2.15. The van der Waals surface area contributed by atoms with Gasteiger partial charge in [0.15, 0.2) is 5.82 Å². The van der Waals surface area contributed by atoms with Crippen molar-refractivity contribution >= 4 is 5.82 Å². The maximum Gasteiger partial charge on any atom is 0.165 e. The maximum atomic E-state index is 5.48. The molecule has 2 N–H and O–H groups in total. The van der Waals surface area contributed by atoms with Crippen LogP contribution in [0.4, 0.5) is 5.82 Å². The molecule has 0 aliphatic carbocycles. The summed E-state index contributed by atoms with van der Waals surface area (Å²) in [5.41, 5.74) is 5.48. The summed E-state index contributed by atoms with van der Waals surface area (Å²) in [5, 5.41) is 7.68. The molecule has 1 atom stereocenters. The van der Waals surface area contributed by atoms with Crippen LogP contribution in [0.25, 0.3) is 0 Å². The number of anilines is 1. The van der Waals surface area contributed by atoms with Crippen molar-refractivity contribution in [3.63, 3.8) is 0 Å². The van der Waals surface area contributed by atoms with Crippen molar-refractivity contribution in [3.05, 3.63) is 6.20 Å². The number of nitrogens with zero attached hydrogens (tertiary/aromatic N) is 4. The normalized spacial score (nSPS) is 23.9. The second-order valence-corrected chi connectivity index (χ2v) is 3.64. The zero-order valence-corrected chi connectivity index (χ0v) is 7.85. The first-order valence-corrected chi connectivity index (χ1v) is 4.61. The topological polar surface area (TPSA) is 60.0 Å². The van der Waals surface area contributed by atoms with E-state index in [4.69, 9.17) is 5.73 Å². The Bertz CT molecular complexity index is 282. The zero-order valence-electron chi connectivity index (χ0n) is 7.85. The van der Waals surface area contributed by atoms with E-state index in [1.54, 1.807) is 6.20 Å². The van der Waals surface area contributed by atoms with Gasteiger partial charge < -0.3 is 10.6 Å². The average molecular weight is 181 g/mol. The molecule has 1 saturated heterocycles. The minimum absolute atomic E-state index is 0.501. The van der Waals surface area contributed by atoms with Crippen molar-refractivity contribution in [1.82, 2.24) is 19.9 Å². The second-order valence-electron chi connectivity index (χ2n) is 3.64. The van der Waals surface area contributed by atoms with E-state index in [9.17, 15) is 0 Å². The first kappa shape index (κ1) is 8.50. The summed E-state index contributed by atoms with van der Waals surface area (Å²) < 4.78 is 1.82. The number of likely N-dealkylation sites (N-methyl/N-ethyl adjacent to an activating group) is 1. The average Bonchev–Trinajstić information content (AvgIpc) is 2.64. The quantitative estimate of drug-likeness (QED) is 0.695. The first-order chi connectivity index (χ1) is 6.25. The summed E-state index contributed by atoms with van der Waals surface area (Å²) in [6, 6.07) is 0.598. The number of hydrogen-bond acceptors (Lipinski definition) is 4. The Morgan fingerprint density at radius 2 is 2.54 bits per heavy atom. The largest absolute Gasteiger partial charge is 0.381 e. The number of nitrogens with two attached hydrogens (primary N) is 1. The highest BCUT2D eigenvalue weighted by Crippen LogP contribution is 2.16. The zero-order chi connectivity index (χ0) is 9.26. The van der Waals surface area contributed by atoms with E-state index >= 15 is 0 Å². The van der Waals surface area contributed by atoms with E-state index in [0.29, 0.717) is 11.9 Å². The number of nitrogen functional groups attached to an aromatic ring is 1. The van der Waals surface area contributed by atoms with Gasteiger partial charge in [-0.1, -0.05) is 5.21 Å². The summed E-state index contributed by atoms with van der Waals surface area (Å²) in [4.78, 5) is 2.36. The fourth-order valence-corrected chi connectivity index (χ4v) is 1.83. The van der Waals surface area contributed by atoms with Gasteiger partial charge in [-0.25, -0.2) is 4.68 Å². The van der Waals surface area contributed by atoms with E-state index in [1.165, 1.54) is 19.4 Å². The third kappa shape index (κ3) is 1.80. The van der Waals surface area contributed by atoms with Crippen LogP contribution in [0.3, 0.4) is 0 Å². The van der Waals surface area contributed by atoms with Crippen molar-refractivity contribution in [3.8, 4) is 0 Å². The number of likely N-dealkylation sites (tertiary alicyclic amines) is 1. The number of hydrogen-bond donors (Lipinski definition) is 1. The van der Waals surface area contributed by atoms with Crippen molar-refractivity contribution in [2.24, 2.45) is 0 Å². The maximum absolute atomic E-state index is 5.48. The molecule has 0 saturated carbocycles. The van der Waals surface area contributed by atoms with E-state index in [-0.39, 0.29) is 0 Å². The molecular weight excluding hydrogens is 166 g/mol. The molecule has 1 aromatic heterocycles. The van der Waals surface area contributed by atoms with Gasteiger partial charge in [-0.2, -0.15) is 0 Å². The Morgan fingerprint density at radius 1 is 1.69 bits per heavy atom. The van der Waals surface area contributed by atoms with Crippen LogP contribution in [0.1, 0.15) is 12.8 Å². The van der Waals surface area contributed by atoms with Gasteiger partial charge in [0, 0.05) is 6.04 Å². The van der Waals surface area contributed by atoms with Crippen molar-refractivity contribution < 1.29 is 0 Å². The molecule has 1 aliphatic rings. The van der Waals surface area contributed by atoms with Gasteiger partial charge in [-0.3, -0.25) is 0 Å². The van der Waals surface area contributed by atoms with Gasteiger partial charge in [0.1, 0.15) is 0 Å². The van der Waals surface area contributed by atoms with Gasteiger partial charge >= 0.3 is 0 Å². The van der Waals surface area contributed by atoms with Crippen molar-refractivity contribution in [1.29, 1.82) is 0 Å². The third-order valence-corrected chi connectivity index (χ3v) is 2.63. The Hall–Kier alpha value is -1.10. The monoisotopic (exact) mass is 181 g/mol. The number of aromatic nitrogens is 3. The van der Waals surface area contributed by atoms with Crippen LogP contribution in [0.2, 0.25) is 0 Å². The van der Waals surface area contributed by atoms with Crippen molar-refractivity contribution in [2.75, 3.05) is 19.3 Å². The molecule has 1 aromatic rings. The summed E-state index contributed by atoms with van der Waals surface area (Å²) in [6.45, 7) is 2.09.